The highest BCUT2D eigenvalue weighted by Crippen LogP contribution is 2.19. The smallest absolute Gasteiger partial charge is 0.344 e. The van der Waals surface area contributed by atoms with Crippen LogP contribution in [0.2, 0.25) is 0 Å². The van der Waals surface area contributed by atoms with Gasteiger partial charge in [-0.25, -0.2) is 4.79 Å². The first-order chi connectivity index (χ1) is 15.0. The Morgan fingerprint density at radius 3 is 2.10 bits per heavy atom. The second-order valence-electron chi connectivity index (χ2n) is 7.02. The number of nitrogens with one attached hydrogen (secondary N) is 1. The quantitative estimate of drug-likeness (QED) is 0.516. The zero-order valence-corrected chi connectivity index (χ0v) is 17.5. The molecule has 0 bridgehead atoms. The van der Waals surface area contributed by atoms with Crippen molar-refractivity contribution < 1.29 is 23.8 Å². The molecule has 160 valence electrons. The van der Waals surface area contributed by atoms with Crippen LogP contribution in [0, 0.1) is 6.92 Å². The SMILES string of the molecule is Cc1ccc(NC(=O)[C@H](C)OC(=O)COc2ccc(OCc3ccccc3)cc2)cc1. The van der Waals surface area contributed by atoms with Crippen molar-refractivity contribution in [3.8, 4) is 11.5 Å². The van der Waals surface area contributed by atoms with Crippen molar-refractivity contribution >= 4 is 17.6 Å². The lowest BCUT2D eigenvalue weighted by atomic mass is 10.2. The van der Waals surface area contributed by atoms with Gasteiger partial charge in [0, 0.05) is 5.69 Å². The Balaban J connectivity index is 1.40. The fourth-order valence-corrected chi connectivity index (χ4v) is 2.68. The number of amides is 1. The van der Waals surface area contributed by atoms with Gasteiger partial charge in [-0.15, -0.1) is 0 Å². The molecule has 0 spiro atoms. The number of aryl methyl sites for hydroxylation is 1. The molecule has 0 radical (unpaired) electrons. The first-order valence-corrected chi connectivity index (χ1v) is 9.96. The zero-order chi connectivity index (χ0) is 22.1. The highest BCUT2D eigenvalue weighted by molar-refractivity contribution is 5.95. The molecule has 6 heteroatoms. The highest BCUT2D eigenvalue weighted by Gasteiger charge is 2.18. The van der Waals surface area contributed by atoms with Crippen molar-refractivity contribution in [3.63, 3.8) is 0 Å². The minimum Gasteiger partial charge on any atom is -0.489 e. The van der Waals surface area contributed by atoms with Crippen LogP contribution in [0.15, 0.2) is 78.9 Å². The number of hydrogen-bond acceptors (Lipinski definition) is 5. The van der Waals surface area contributed by atoms with Crippen molar-refractivity contribution in [2.75, 3.05) is 11.9 Å². The van der Waals surface area contributed by atoms with Crippen LogP contribution in [0.5, 0.6) is 11.5 Å². The monoisotopic (exact) mass is 419 g/mol. The van der Waals surface area contributed by atoms with Crippen molar-refractivity contribution in [3.05, 3.63) is 90.0 Å². The molecule has 1 amide bonds. The van der Waals surface area contributed by atoms with Gasteiger partial charge < -0.3 is 19.5 Å². The van der Waals surface area contributed by atoms with Crippen LogP contribution in [-0.4, -0.2) is 24.6 Å². The Kier molecular flexibility index (Phi) is 7.65. The third kappa shape index (κ3) is 7.19. The van der Waals surface area contributed by atoms with E-state index in [4.69, 9.17) is 14.2 Å². The summed E-state index contributed by atoms with van der Waals surface area (Å²) >= 11 is 0. The van der Waals surface area contributed by atoms with Crippen LogP contribution < -0.4 is 14.8 Å². The summed E-state index contributed by atoms with van der Waals surface area (Å²) in [4.78, 5) is 24.2. The fraction of sp³-hybridized carbons (Fsp3) is 0.200. The summed E-state index contributed by atoms with van der Waals surface area (Å²) in [5, 5.41) is 2.71. The maximum atomic E-state index is 12.2. The third-order valence-corrected chi connectivity index (χ3v) is 4.43. The average Bonchev–Trinajstić information content (AvgIpc) is 2.79. The van der Waals surface area contributed by atoms with E-state index in [1.165, 1.54) is 6.92 Å². The van der Waals surface area contributed by atoms with Crippen LogP contribution in [0.1, 0.15) is 18.1 Å². The first-order valence-electron chi connectivity index (χ1n) is 9.96. The van der Waals surface area contributed by atoms with Crippen LogP contribution >= 0.6 is 0 Å². The van der Waals surface area contributed by atoms with E-state index in [1.807, 2.05) is 49.4 Å². The molecule has 0 aliphatic heterocycles. The van der Waals surface area contributed by atoms with Gasteiger partial charge in [0.15, 0.2) is 12.7 Å². The van der Waals surface area contributed by atoms with E-state index in [1.54, 1.807) is 36.4 Å². The standard InChI is InChI=1S/C25H25NO5/c1-18-8-10-21(11-9-18)26-25(28)19(2)31-24(27)17-30-23-14-12-22(13-15-23)29-16-20-6-4-3-5-7-20/h3-15,19H,16-17H2,1-2H3,(H,26,28)/t19-/m0/s1. The van der Waals surface area contributed by atoms with Crippen LogP contribution in [0.25, 0.3) is 0 Å². The number of esters is 1. The second-order valence-corrected chi connectivity index (χ2v) is 7.02. The molecule has 0 fully saturated rings. The number of carbonyl (C=O) groups excluding carboxylic acids is 2. The Hall–Kier alpha value is -3.80. The summed E-state index contributed by atoms with van der Waals surface area (Å²) in [6.45, 7) is 3.64. The van der Waals surface area contributed by atoms with Crippen LogP contribution in [-0.2, 0) is 20.9 Å². The molecule has 1 atom stereocenters. The summed E-state index contributed by atoms with van der Waals surface area (Å²) in [5.74, 6) is 0.161. The molecule has 3 aromatic carbocycles. The van der Waals surface area contributed by atoms with Crippen LogP contribution in [0.4, 0.5) is 5.69 Å². The molecule has 0 saturated heterocycles. The molecule has 0 aliphatic carbocycles. The molecule has 0 unspecified atom stereocenters. The topological polar surface area (TPSA) is 73.9 Å². The maximum Gasteiger partial charge on any atom is 0.344 e. The largest absolute Gasteiger partial charge is 0.489 e. The summed E-state index contributed by atoms with van der Waals surface area (Å²) in [6, 6.07) is 24.2. The van der Waals surface area contributed by atoms with E-state index in [-0.39, 0.29) is 6.61 Å². The minimum absolute atomic E-state index is 0.299. The lowest BCUT2D eigenvalue weighted by Gasteiger charge is -2.14. The number of hydrogen-bond donors (Lipinski definition) is 1. The Bertz CT molecular complexity index is 985. The zero-order valence-electron chi connectivity index (χ0n) is 17.5. The number of anilines is 1. The second kappa shape index (κ2) is 10.8. The molecular formula is C25H25NO5. The summed E-state index contributed by atoms with van der Waals surface area (Å²) in [5.41, 5.74) is 2.81. The van der Waals surface area contributed by atoms with Gasteiger partial charge >= 0.3 is 5.97 Å². The Labute approximate surface area is 181 Å². The van der Waals surface area contributed by atoms with Crippen molar-refractivity contribution in [2.24, 2.45) is 0 Å². The van der Waals surface area contributed by atoms with Gasteiger partial charge in [-0.3, -0.25) is 4.79 Å². The first kappa shape index (κ1) is 21.9. The highest BCUT2D eigenvalue weighted by atomic mass is 16.6. The van der Waals surface area contributed by atoms with E-state index in [0.717, 1.165) is 11.1 Å². The molecule has 0 heterocycles. The van der Waals surface area contributed by atoms with Crippen molar-refractivity contribution in [1.82, 2.24) is 0 Å². The van der Waals surface area contributed by atoms with Gasteiger partial charge in [-0.2, -0.15) is 0 Å². The van der Waals surface area contributed by atoms with Gasteiger partial charge in [-0.05, 0) is 55.8 Å². The molecule has 1 N–H and O–H groups in total. The summed E-state index contributed by atoms with van der Waals surface area (Å²) < 4.78 is 16.3. The molecule has 3 aromatic rings. The summed E-state index contributed by atoms with van der Waals surface area (Å²) in [6.07, 6.45) is -0.939. The molecule has 6 nitrogen and oxygen atoms in total. The predicted molar refractivity (Wildman–Crippen MR) is 118 cm³/mol. The van der Waals surface area contributed by atoms with Crippen molar-refractivity contribution in [2.45, 2.75) is 26.6 Å². The van der Waals surface area contributed by atoms with Gasteiger partial charge in [0.05, 0.1) is 0 Å². The third-order valence-electron chi connectivity index (χ3n) is 4.43. The number of rotatable bonds is 9. The number of carbonyl (C=O) groups is 2. The van der Waals surface area contributed by atoms with Gasteiger partial charge in [0.25, 0.3) is 5.91 Å². The molecule has 31 heavy (non-hydrogen) atoms. The lowest BCUT2D eigenvalue weighted by molar-refractivity contribution is -0.155. The average molecular weight is 419 g/mol. The molecule has 0 aromatic heterocycles. The maximum absolute atomic E-state index is 12.2. The Morgan fingerprint density at radius 2 is 1.45 bits per heavy atom. The Morgan fingerprint density at radius 1 is 0.839 bits per heavy atom. The van der Waals surface area contributed by atoms with E-state index in [0.29, 0.717) is 23.8 Å². The van der Waals surface area contributed by atoms with Crippen LogP contribution in [0.3, 0.4) is 0 Å². The number of benzene rings is 3. The minimum atomic E-state index is -0.939. The molecule has 3 rings (SSSR count). The van der Waals surface area contributed by atoms with Gasteiger partial charge in [0.2, 0.25) is 0 Å². The molecule has 0 saturated carbocycles. The predicted octanol–water partition coefficient (Wildman–Crippen LogP) is 4.52. The number of ether oxygens (including phenoxy) is 3. The molecular weight excluding hydrogens is 394 g/mol. The van der Waals surface area contributed by atoms with Crippen molar-refractivity contribution in [1.29, 1.82) is 0 Å². The summed E-state index contributed by atoms with van der Waals surface area (Å²) in [7, 11) is 0. The van der Waals surface area contributed by atoms with E-state index >= 15 is 0 Å². The fourth-order valence-electron chi connectivity index (χ4n) is 2.68. The van der Waals surface area contributed by atoms with E-state index in [2.05, 4.69) is 5.32 Å². The lowest BCUT2D eigenvalue weighted by Crippen LogP contribution is -2.31. The van der Waals surface area contributed by atoms with E-state index in [9.17, 15) is 9.59 Å². The normalized spacial score (nSPS) is 11.3. The molecule has 0 aliphatic rings. The van der Waals surface area contributed by atoms with Gasteiger partial charge in [0.1, 0.15) is 18.1 Å². The van der Waals surface area contributed by atoms with E-state index < -0.39 is 18.0 Å². The van der Waals surface area contributed by atoms with Gasteiger partial charge in [-0.1, -0.05) is 48.0 Å².